The minimum atomic E-state index is -0.291. The van der Waals surface area contributed by atoms with Crippen LogP contribution in [0.2, 0.25) is 0 Å². The maximum Gasteiger partial charge on any atom is 0.251 e. The molecule has 0 aromatic heterocycles. The standard InChI is InChI=1S/C21H27N3O5/c25-18-2-1-9-24(18)17-5-3-15(4-6-17)20(27)22-14-19(26)23-10-7-16(8-11-23)21-28-12-13-29-21/h3-6,16,21H,1-2,7-14H2,(H,22,27). The second-order valence-corrected chi connectivity index (χ2v) is 7.71. The van der Waals surface area contributed by atoms with Crippen molar-refractivity contribution in [3.63, 3.8) is 0 Å². The first-order valence-corrected chi connectivity index (χ1v) is 10.3. The SMILES string of the molecule is O=C(NCC(=O)N1CCC(C2OCCO2)CC1)c1ccc(N2CCCC2=O)cc1. The highest BCUT2D eigenvalue weighted by molar-refractivity contribution is 5.98. The van der Waals surface area contributed by atoms with E-state index in [0.717, 1.165) is 24.9 Å². The number of carbonyl (C=O) groups excluding carboxylic acids is 3. The van der Waals surface area contributed by atoms with Crippen molar-refractivity contribution in [2.75, 3.05) is 44.3 Å². The van der Waals surface area contributed by atoms with Gasteiger partial charge in [0.1, 0.15) is 0 Å². The number of carbonyl (C=O) groups is 3. The summed E-state index contributed by atoms with van der Waals surface area (Å²) in [6.45, 7) is 3.29. The van der Waals surface area contributed by atoms with Crippen molar-refractivity contribution >= 4 is 23.4 Å². The first kappa shape index (κ1) is 19.8. The molecule has 3 amide bonds. The van der Waals surface area contributed by atoms with Gasteiger partial charge < -0.3 is 24.6 Å². The normalized spacial score (nSPS) is 21.0. The lowest BCUT2D eigenvalue weighted by Gasteiger charge is -2.33. The fourth-order valence-corrected chi connectivity index (χ4v) is 4.15. The molecule has 3 aliphatic heterocycles. The Morgan fingerprint density at radius 2 is 1.72 bits per heavy atom. The van der Waals surface area contributed by atoms with E-state index in [4.69, 9.17) is 9.47 Å². The number of likely N-dealkylation sites (tertiary alicyclic amines) is 1. The third kappa shape index (κ3) is 4.59. The quantitative estimate of drug-likeness (QED) is 0.800. The van der Waals surface area contributed by atoms with Gasteiger partial charge in [-0.3, -0.25) is 14.4 Å². The number of nitrogens with one attached hydrogen (secondary N) is 1. The molecule has 0 aliphatic carbocycles. The molecule has 3 heterocycles. The van der Waals surface area contributed by atoms with Crippen LogP contribution >= 0.6 is 0 Å². The highest BCUT2D eigenvalue weighted by atomic mass is 16.7. The van der Waals surface area contributed by atoms with Crippen molar-refractivity contribution < 1.29 is 23.9 Å². The van der Waals surface area contributed by atoms with Crippen LogP contribution in [0.5, 0.6) is 0 Å². The summed E-state index contributed by atoms with van der Waals surface area (Å²) >= 11 is 0. The summed E-state index contributed by atoms with van der Waals surface area (Å²) in [6.07, 6.45) is 3.00. The van der Waals surface area contributed by atoms with Crippen LogP contribution in [0.25, 0.3) is 0 Å². The third-order valence-electron chi connectivity index (χ3n) is 5.84. The molecule has 8 heteroatoms. The zero-order chi connectivity index (χ0) is 20.2. The molecule has 156 valence electrons. The number of anilines is 1. The Labute approximate surface area is 170 Å². The summed E-state index contributed by atoms with van der Waals surface area (Å²) in [5.41, 5.74) is 1.28. The van der Waals surface area contributed by atoms with Crippen LogP contribution < -0.4 is 10.2 Å². The molecule has 3 fully saturated rings. The Balaban J connectivity index is 1.23. The smallest absolute Gasteiger partial charge is 0.251 e. The van der Waals surface area contributed by atoms with Gasteiger partial charge in [-0.1, -0.05) is 0 Å². The average molecular weight is 401 g/mol. The Morgan fingerprint density at radius 3 is 2.34 bits per heavy atom. The monoisotopic (exact) mass is 401 g/mol. The zero-order valence-electron chi connectivity index (χ0n) is 16.5. The average Bonchev–Trinajstić information content (AvgIpc) is 3.44. The Bertz CT molecular complexity index is 752. The lowest BCUT2D eigenvalue weighted by Crippen LogP contribution is -2.45. The number of hydrogen-bond donors (Lipinski definition) is 1. The first-order valence-electron chi connectivity index (χ1n) is 10.3. The summed E-state index contributed by atoms with van der Waals surface area (Å²) in [5.74, 6) is 0.0735. The molecule has 0 radical (unpaired) electrons. The number of nitrogens with zero attached hydrogens (tertiary/aromatic N) is 2. The summed E-state index contributed by atoms with van der Waals surface area (Å²) < 4.78 is 11.1. The number of hydrogen-bond acceptors (Lipinski definition) is 5. The largest absolute Gasteiger partial charge is 0.350 e. The molecular formula is C21H27N3O5. The second-order valence-electron chi connectivity index (χ2n) is 7.71. The van der Waals surface area contributed by atoms with Crippen molar-refractivity contribution in [2.45, 2.75) is 32.0 Å². The zero-order valence-corrected chi connectivity index (χ0v) is 16.5. The summed E-state index contributed by atoms with van der Waals surface area (Å²) in [5, 5.41) is 2.70. The van der Waals surface area contributed by atoms with Gasteiger partial charge in [-0.25, -0.2) is 0 Å². The number of ether oxygens (including phenoxy) is 2. The van der Waals surface area contributed by atoms with Crippen molar-refractivity contribution in [1.82, 2.24) is 10.2 Å². The lowest BCUT2D eigenvalue weighted by molar-refractivity contribution is -0.135. The van der Waals surface area contributed by atoms with Gasteiger partial charge in [-0.15, -0.1) is 0 Å². The topological polar surface area (TPSA) is 88.2 Å². The van der Waals surface area contributed by atoms with E-state index in [0.29, 0.717) is 50.8 Å². The molecule has 1 N–H and O–H groups in total. The second kappa shape index (κ2) is 8.92. The molecule has 0 unspecified atom stereocenters. The summed E-state index contributed by atoms with van der Waals surface area (Å²) in [4.78, 5) is 40.1. The molecule has 29 heavy (non-hydrogen) atoms. The molecule has 4 rings (SSSR count). The van der Waals surface area contributed by atoms with Crippen LogP contribution in [0.15, 0.2) is 24.3 Å². The minimum absolute atomic E-state index is 0.0215. The molecule has 8 nitrogen and oxygen atoms in total. The fraction of sp³-hybridized carbons (Fsp3) is 0.571. The van der Waals surface area contributed by atoms with Crippen LogP contribution in [-0.4, -0.2) is 68.3 Å². The van der Waals surface area contributed by atoms with E-state index in [1.54, 1.807) is 34.1 Å². The number of benzene rings is 1. The Hall–Kier alpha value is -2.45. The molecule has 3 aliphatic rings. The van der Waals surface area contributed by atoms with E-state index in [1.165, 1.54) is 0 Å². The van der Waals surface area contributed by atoms with Crippen molar-refractivity contribution in [3.8, 4) is 0 Å². The van der Waals surface area contributed by atoms with Crippen molar-refractivity contribution in [2.24, 2.45) is 5.92 Å². The molecule has 0 saturated carbocycles. The Morgan fingerprint density at radius 1 is 1.03 bits per heavy atom. The molecule has 0 atom stereocenters. The van der Waals surface area contributed by atoms with E-state index < -0.39 is 0 Å². The predicted octanol–water partition coefficient (Wildman–Crippen LogP) is 1.15. The van der Waals surface area contributed by atoms with Crippen LogP contribution in [0.4, 0.5) is 5.69 Å². The fourth-order valence-electron chi connectivity index (χ4n) is 4.15. The molecule has 0 bridgehead atoms. The molecule has 0 spiro atoms. The molecule has 1 aromatic carbocycles. The van der Waals surface area contributed by atoms with Gasteiger partial charge in [0.15, 0.2) is 6.29 Å². The van der Waals surface area contributed by atoms with Gasteiger partial charge in [-0.05, 0) is 43.5 Å². The van der Waals surface area contributed by atoms with Gasteiger partial charge in [0.25, 0.3) is 5.91 Å². The van der Waals surface area contributed by atoms with Crippen LogP contribution in [0.1, 0.15) is 36.0 Å². The molecule has 3 saturated heterocycles. The molecule has 1 aromatic rings. The summed E-state index contributed by atoms with van der Waals surface area (Å²) in [7, 11) is 0. The third-order valence-corrected chi connectivity index (χ3v) is 5.84. The van der Waals surface area contributed by atoms with E-state index in [2.05, 4.69) is 5.32 Å². The highest BCUT2D eigenvalue weighted by Gasteiger charge is 2.31. The van der Waals surface area contributed by atoms with Gasteiger partial charge in [-0.2, -0.15) is 0 Å². The Kier molecular flexibility index (Phi) is 6.10. The first-order chi connectivity index (χ1) is 14.1. The van der Waals surface area contributed by atoms with Crippen molar-refractivity contribution in [1.29, 1.82) is 0 Å². The van der Waals surface area contributed by atoms with E-state index >= 15 is 0 Å². The number of piperidine rings is 1. The maximum atomic E-state index is 12.4. The minimum Gasteiger partial charge on any atom is -0.350 e. The van der Waals surface area contributed by atoms with Gasteiger partial charge in [0, 0.05) is 43.2 Å². The predicted molar refractivity (Wildman–Crippen MR) is 105 cm³/mol. The van der Waals surface area contributed by atoms with Gasteiger partial charge >= 0.3 is 0 Å². The van der Waals surface area contributed by atoms with Gasteiger partial charge in [0.2, 0.25) is 11.8 Å². The van der Waals surface area contributed by atoms with Gasteiger partial charge in [0.05, 0.1) is 19.8 Å². The van der Waals surface area contributed by atoms with E-state index in [-0.39, 0.29) is 30.6 Å². The van der Waals surface area contributed by atoms with E-state index in [9.17, 15) is 14.4 Å². The summed E-state index contributed by atoms with van der Waals surface area (Å²) in [6, 6.07) is 6.93. The van der Waals surface area contributed by atoms with Crippen molar-refractivity contribution in [3.05, 3.63) is 29.8 Å². The van der Waals surface area contributed by atoms with Crippen LogP contribution in [-0.2, 0) is 19.1 Å². The number of amides is 3. The molecular weight excluding hydrogens is 374 g/mol. The van der Waals surface area contributed by atoms with E-state index in [1.807, 2.05) is 0 Å². The lowest BCUT2D eigenvalue weighted by atomic mass is 9.96. The highest BCUT2D eigenvalue weighted by Crippen LogP contribution is 2.26. The van der Waals surface area contributed by atoms with Crippen LogP contribution in [0.3, 0.4) is 0 Å². The van der Waals surface area contributed by atoms with Crippen LogP contribution in [0, 0.1) is 5.92 Å². The maximum absolute atomic E-state index is 12.4. The number of rotatable bonds is 5.